The molecule has 0 radical (unpaired) electrons. The zero-order valence-electron chi connectivity index (χ0n) is 18.3. The summed E-state index contributed by atoms with van der Waals surface area (Å²) < 4.78 is 38.9. The number of amides is 2. The lowest BCUT2D eigenvalue weighted by Gasteiger charge is -2.40. The maximum Gasteiger partial charge on any atom is 0.254 e. The van der Waals surface area contributed by atoms with Gasteiger partial charge in [0.25, 0.3) is 5.91 Å². The molecule has 2 amide bonds. The molecule has 170 valence electrons. The molecule has 33 heavy (non-hydrogen) atoms. The van der Waals surface area contributed by atoms with Gasteiger partial charge in [-0.3, -0.25) is 9.59 Å². The smallest absolute Gasteiger partial charge is 0.254 e. The number of carbonyl (C=O) groups excluding carboxylic acids is 2. The number of ether oxygens (including phenoxy) is 2. The van der Waals surface area contributed by atoms with E-state index in [0.29, 0.717) is 22.7 Å². The Labute approximate surface area is 189 Å². The fourth-order valence-corrected chi connectivity index (χ4v) is 4.19. The number of benzene rings is 3. The molecule has 1 N–H and O–H groups in total. The quantitative estimate of drug-likeness (QED) is 0.618. The van der Waals surface area contributed by atoms with Gasteiger partial charge in [-0.05, 0) is 48.0 Å². The van der Waals surface area contributed by atoms with Crippen molar-refractivity contribution in [2.75, 3.05) is 26.6 Å². The van der Waals surface area contributed by atoms with E-state index in [9.17, 15) is 18.4 Å². The fraction of sp³-hybridized carbons (Fsp3) is 0.200. The van der Waals surface area contributed by atoms with E-state index in [2.05, 4.69) is 5.32 Å². The lowest BCUT2D eigenvalue weighted by molar-refractivity contribution is -0.119. The van der Waals surface area contributed by atoms with Gasteiger partial charge in [-0.15, -0.1) is 0 Å². The molecule has 4 rings (SSSR count). The maximum atomic E-state index is 14.9. The van der Waals surface area contributed by atoms with Crippen molar-refractivity contribution in [3.8, 4) is 11.5 Å². The predicted molar refractivity (Wildman–Crippen MR) is 119 cm³/mol. The second kappa shape index (κ2) is 8.90. The van der Waals surface area contributed by atoms with Crippen LogP contribution in [0.4, 0.5) is 14.5 Å². The van der Waals surface area contributed by atoms with Crippen LogP contribution in [0.2, 0.25) is 0 Å². The number of carbonyl (C=O) groups is 2. The van der Waals surface area contributed by atoms with Crippen LogP contribution in [0.5, 0.6) is 11.5 Å². The minimum Gasteiger partial charge on any atom is -0.493 e. The number of nitrogens with zero attached hydrogens (tertiary/aromatic N) is 1. The summed E-state index contributed by atoms with van der Waals surface area (Å²) in [7, 11) is 4.42. The monoisotopic (exact) mass is 452 g/mol. The van der Waals surface area contributed by atoms with Crippen molar-refractivity contribution in [1.82, 2.24) is 4.90 Å². The first kappa shape index (κ1) is 22.3. The molecule has 0 aromatic heterocycles. The van der Waals surface area contributed by atoms with Crippen LogP contribution in [0.1, 0.15) is 33.4 Å². The maximum absolute atomic E-state index is 14.9. The van der Waals surface area contributed by atoms with Gasteiger partial charge in [-0.1, -0.05) is 18.2 Å². The van der Waals surface area contributed by atoms with Crippen LogP contribution in [0.25, 0.3) is 0 Å². The normalized spacial score (nSPS) is 17.4. The van der Waals surface area contributed by atoms with E-state index >= 15 is 0 Å². The Bertz CT molecular complexity index is 1210. The van der Waals surface area contributed by atoms with Crippen LogP contribution in [0.15, 0.2) is 60.7 Å². The number of rotatable bonds is 5. The molecule has 0 saturated heterocycles. The Kier molecular flexibility index (Phi) is 6.00. The third-order valence-corrected chi connectivity index (χ3v) is 5.79. The van der Waals surface area contributed by atoms with Crippen LogP contribution >= 0.6 is 0 Å². The van der Waals surface area contributed by atoms with E-state index in [1.54, 1.807) is 24.3 Å². The zero-order valence-corrected chi connectivity index (χ0v) is 18.3. The average Bonchev–Trinajstić information content (AvgIpc) is 2.82. The molecule has 0 bridgehead atoms. The first-order chi connectivity index (χ1) is 15.8. The van der Waals surface area contributed by atoms with Gasteiger partial charge in [-0.25, -0.2) is 8.78 Å². The number of methoxy groups -OCH3 is 2. The second-order valence-corrected chi connectivity index (χ2v) is 7.65. The van der Waals surface area contributed by atoms with Crippen LogP contribution in [0.3, 0.4) is 0 Å². The number of halogens is 2. The van der Waals surface area contributed by atoms with Crippen molar-refractivity contribution >= 4 is 17.5 Å². The molecule has 1 heterocycles. The van der Waals surface area contributed by atoms with Gasteiger partial charge in [0.2, 0.25) is 5.91 Å². The molecule has 3 aromatic rings. The fourth-order valence-electron chi connectivity index (χ4n) is 4.19. The number of hydrogen-bond donors (Lipinski definition) is 1. The molecule has 2 unspecified atom stereocenters. The highest BCUT2D eigenvalue weighted by Gasteiger charge is 2.44. The second-order valence-electron chi connectivity index (χ2n) is 7.65. The Balaban J connectivity index is 1.89. The van der Waals surface area contributed by atoms with Gasteiger partial charge in [0.1, 0.15) is 11.6 Å². The third-order valence-electron chi connectivity index (χ3n) is 5.79. The highest BCUT2D eigenvalue weighted by atomic mass is 19.1. The molecule has 8 heteroatoms. The molecule has 3 aromatic carbocycles. The summed E-state index contributed by atoms with van der Waals surface area (Å²) in [6.45, 7) is 0. The van der Waals surface area contributed by atoms with E-state index in [-0.39, 0.29) is 17.0 Å². The minimum absolute atomic E-state index is 0.202. The van der Waals surface area contributed by atoms with Crippen molar-refractivity contribution in [3.63, 3.8) is 0 Å². The lowest BCUT2D eigenvalue weighted by Crippen LogP contribution is -2.44. The van der Waals surface area contributed by atoms with E-state index in [1.165, 1.54) is 62.6 Å². The largest absolute Gasteiger partial charge is 0.493 e. The molecular formula is C25H22F2N2O4. The summed E-state index contributed by atoms with van der Waals surface area (Å²) >= 11 is 0. The van der Waals surface area contributed by atoms with Crippen molar-refractivity contribution < 1.29 is 27.8 Å². The Morgan fingerprint density at radius 1 is 0.939 bits per heavy atom. The average molecular weight is 452 g/mol. The van der Waals surface area contributed by atoms with E-state index in [4.69, 9.17) is 9.47 Å². The van der Waals surface area contributed by atoms with Gasteiger partial charge in [0.05, 0.1) is 26.2 Å². The van der Waals surface area contributed by atoms with Crippen molar-refractivity contribution in [1.29, 1.82) is 0 Å². The number of fused-ring (bicyclic) bond motifs is 1. The summed E-state index contributed by atoms with van der Waals surface area (Å²) in [5.74, 6) is -2.16. The topological polar surface area (TPSA) is 67.9 Å². The van der Waals surface area contributed by atoms with Gasteiger partial charge >= 0.3 is 0 Å². The number of anilines is 1. The molecule has 0 fully saturated rings. The molecule has 2 atom stereocenters. The number of likely N-dealkylation sites (N-methyl/N-ethyl adjacent to an activating group) is 1. The van der Waals surface area contributed by atoms with Crippen molar-refractivity contribution in [2.24, 2.45) is 0 Å². The Morgan fingerprint density at radius 2 is 1.58 bits per heavy atom. The third kappa shape index (κ3) is 4.00. The van der Waals surface area contributed by atoms with Crippen LogP contribution in [0, 0.1) is 11.6 Å². The van der Waals surface area contributed by atoms with Crippen LogP contribution in [-0.4, -0.2) is 38.0 Å². The summed E-state index contributed by atoms with van der Waals surface area (Å²) in [5.41, 5.74) is 1.20. The van der Waals surface area contributed by atoms with Gasteiger partial charge < -0.3 is 19.7 Å². The van der Waals surface area contributed by atoms with Gasteiger partial charge in [0, 0.05) is 23.9 Å². The van der Waals surface area contributed by atoms with E-state index in [0.717, 1.165) is 0 Å². The first-order valence-electron chi connectivity index (χ1n) is 10.2. The summed E-state index contributed by atoms with van der Waals surface area (Å²) in [4.78, 5) is 28.2. The Hall–Kier alpha value is -3.94. The van der Waals surface area contributed by atoms with Crippen molar-refractivity contribution in [2.45, 2.75) is 12.0 Å². The predicted octanol–water partition coefficient (Wildman–Crippen LogP) is 4.53. The summed E-state index contributed by atoms with van der Waals surface area (Å²) in [6, 6.07) is 13.5. The minimum atomic E-state index is -0.982. The lowest BCUT2D eigenvalue weighted by atomic mass is 9.79. The van der Waals surface area contributed by atoms with Gasteiger partial charge in [-0.2, -0.15) is 0 Å². The van der Waals surface area contributed by atoms with Crippen LogP contribution in [-0.2, 0) is 4.79 Å². The molecule has 0 aliphatic carbocycles. The number of nitrogens with one attached hydrogen (secondary N) is 1. The molecule has 6 nitrogen and oxygen atoms in total. The summed E-state index contributed by atoms with van der Waals surface area (Å²) in [6.07, 6.45) is 0. The SMILES string of the molecule is COc1cc2c(cc1OC)C(C(=O)Nc1ccc(F)cc1)C(c1ccccc1F)N(C)C2=O. The molecule has 0 spiro atoms. The summed E-state index contributed by atoms with van der Waals surface area (Å²) in [5, 5.41) is 2.76. The molecule has 1 aliphatic heterocycles. The standard InChI is InChI=1S/C25H22F2N2O4/c1-29-23(16-6-4-5-7-19(16)27)22(24(30)28-15-10-8-14(26)9-11-15)17-12-20(32-2)21(33-3)13-18(17)25(29)31/h4-13,22-23H,1-3H3,(H,28,30). The van der Waals surface area contributed by atoms with E-state index < -0.39 is 29.5 Å². The first-order valence-corrected chi connectivity index (χ1v) is 10.2. The Morgan fingerprint density at radius 3 is 2.21 bits per heavy atom. The highest BCUT2D eigenvalue weighted by Crippen LogP contribution is 2.46. The van der Waals surface area contributed by atoms with Gasteiger partial charge in [0.15, 0.2) is 11.5 Å². The molecule has 0 saturated carbocycles. The molecular weight excluding hydrogens is 430 g/mol. The molecule has 1 aliphatic rings. The highest BCUT2D eigenvalue weighted by molar-refractivity contribution is 6.04. The van der Waals surface area contributed by atoms with Crippen LogP contribution < -0.4 is 14.8 Å². The number of hydrogen-bond acceptors (Lipinski definition) is 4. The van der Waals surface area contributed by atoms with Crippen molar-refractivity contribution in [3.05, 3.63) is 89.0 Å². The zero-order chi connectivity index (χ0) is 23.7. The van der Waals surface area contributed by atoms with E-state index in [1.807, 2.05) is 0 Å².